The lowest BCUT2D eigenvalue weighted by molar-refractivity contribution is -0.156. The fourth-order valence-electron chi connectivity index (χ4n) is 3.93. The topological polar surface area (TPSA) is 71.1 Å². The molecule has 0 saturated carbocycles. The molecule has 0 radical (unpaired) electrons. The van der Waals surface area contributed by atoms with E-state index in [-0.39, 0.29) is 12.6 Å². The normalized spacial score (nSPS) is 11.6. The Morgan fingerprint density at radius 1 is 0.722 bits per heavy atom. The van der Waals surface area contributed by atoms with Crippen molar-refractivity contribution in [1.82, 2.24) is 0 Å². The van der Waals surface area contributed by atoms with Crippen LogP contribution in [0.5, 0.6) is 11.5 Å². The summed E-state index contributed by atoms with van der Waals surface area (Å²) in [6.07, 6.45) is 9.19. The van der Waals surface area contributed by atoms with Gasteiger partial charge in [-0.2, -0.15) is 0 Å². The van der Waals surface area contributed by atoms with Gasteiger partial charge < -0.3 is 18.9 Å². The lowest BCUT2D eigenvalue weighted by atomic mass is 10.1. The van der Waals surface area contributed by atoms with Gasteiger partial charge in [0.2, 0.25) is 0 Å². The highest BCUT2D eigenvalue weighted by Gasteiger charge is 2.23. The Labute approximate surface area is 216 Å². The Balaban J connectivity index is 2.02. The summed E-state index contributed by atoms with van der Waals surface area (Å²) in [6, 6.07) is 14.4. The predicted octanol–water partition coefficient (Wildman–Crippen LogP) is 7.29. The van der Waals surface area contributed by atoms with Gasteiger partial charge in [-0.1, -0.05) is 82.2 Å². The van der Waals surface area contributed by atoms with Crippen LogP contribution in [-0.2, 0) is 25.4 Å². The maximum atomic E-state index is 12.6. The van der Waals surface area contributed by atoms with Crippen LogP contribution in [0.2, 0.25) is 0 Å². The summed E-state index contributed by atoms with van der Waals surface area (Å²) in [6.45, 7) is 6.86. The van der Waals surface area contributed by atoms with Crippen LogP contribution < -0.4 is 4.74 Å². The van der Waals surface area contributed by atoms with Crippen LogP contribution in [0.15, 0.2) is 48.5 Å². The van der Waals surface area contributed by atoms with E-state index in [9.17, 15) is 9.59 Å². The van der Waals surface area contributed by atoms with Crippen LogP contribution >= 0.6 is 0 Å². The third kappa shape index (κ3) is 10.4. The molecule has 36 heavy (non-hydrogen) atoms. The number of unbranched alkanes of at least 4 members (excludes halogenated alkanes) is 7. The van der Waals surface area contributed by atoms with Gasteiger partial charge >= 0.3 is 11.9 Å². The van der Waals surface area contributed by atoms with Crippen LogP contribution in [0.25, 0.3) is 0 Å². The molecule has 0 N–H and O–H groups in total. The molecule has 0 fully saturated rings. The molecule has 2 aromatic carbocycles. The van der Waals surface area contributed by atoms with Gasteiger partial charge in [-0.05, 0) is 44.0 Å². The fourth-order valence-corrected chi connectivity index (χ4v) is 3.93. The molecule has 6 nitrogen and oxygen atoms in total. The van der Waals surface area contributed by atoms with E-state index in [4.69, 9.17) is 18.9 Å². The van der Waals surface area contributed by atoms with Crippen molar-refractivity contribution in [1.29, 1.82) is 0 Å². The van der Waals surface area contributed by atoms with E-state index in [1.54, 1.807) is 38.1 Å². The molecule has 0 aliphatic heterocycles. The Hall–Kier alpha value is -2.86. The van der Waals surface area contributed by atoms with Crippen molar-refractivity contribution >= 4 is 11.9 Å². The highest BCUT2D eigenvalue weighted by atomic mass is 16.6. The monoisotopic (exact) mass is 498 g/mol. The van der Waals surface area contributed by atoms with Gasteiger partial charge in [0, 0.05) is 13.0 Å². The maximum Gasteiger partial charge on any atom is 0.341 e. The van der Waals surface area contributed by atoms with Crippen LogP contribution in [0.1, 0.15) is 88.1 Å². The summed E-state index contributed by atoms with van der Waals surface area (Å²) in [5.74, 6) is 0.137. The second-order valence-electron chi connectivity index (χ2n) is 8.72. The van der Waals surface area contributed by atoms with E-state index >= 15 is 0 Å². The van der Waals surface area contributed by atoms with Crippen molar-refractivity contribution < 1.29 is 28.5 Å². The van der Waals surface area contributed by atoms with E-state index in [1.165, 1.54) is 38.5 Å². The van der Waals surface area contributed by atoms with Crippen molar-refractivity contribution in [2.75, 3.05) is 19.8 Å². The van der Waals surface area contributed by atoms with Crippen molar-refractivity contribution in [3.8, 4) is 11.5 Å². The number of carbonyl (C=O) groups is 2. The highest BCUT2D eigenvalue weighted by molar-refractivity contribution is 5.92. The molecule has 198 valence electrons. The quantitative estimate of drug-likeness (QED) is 0.159. The molecule has 0 spiro atoms. The molecule has 1 unspecified atom stereocenters. The number of para-hydroxylation sites is 2. The number of carbonyl (C=O) groups excluding carboxylic acids is 2. The van der Waals surface area contributed by atoms with E-state index in [1.807, 2.05) is 24.3 Å². The van der Waals surface area contributed by atoms with Crippen molar-refractivity contribution in [2.24, 2.45) is 0 Å². The molecular formula is C30H42O6. The van der Waals surface area contributed by atoms with Crippen molar-refractivity contribution in [3.05, 3.63) is 59.7 Å². The van der Waals surface area contributed by atoms with E-state index < -0.39 is 12.1 Å². The third-order valence-corrected chi connectivity index (χ3v) is 5.85. The average molecular weight is 499 g/mol. The Morgan fingerprint density at radius 2 is 1.33 bits per heavy atom. The smallest absolute Gasteiger partial charge is 0.341 e. The molecule has 1 atom stereocenters. The summed E-state index contributed by atoms with van der Waals surface area (Å²) in [4.78, 5) is 25.0. The first-order chi connectivity index (χ1) is 17.6. The number of benzene rings is 2. The molecular weight excluding hydrogens is 456 g/mol. The molecule has 2 rings (SSSR count). The van der Waals surface area contributed by atoms with Crippen LogP contribution in [0, 0.1) is 0 Å². The minimum atomic E-state index is -0.723. The molecule has 0 heterocycles. The molecule has 0 saturated heterocycles. The summed E-state index contributed by atoms with van der Waals surface area (Å²) >= 11 is 0. The molecule has 0 aliphatic carbocycles. The van der Waals surface area contributed by atoms with Gasteiger partial charge in [0.25, 0.3) is 0 Å². The van der Waals surface area contributed by atoms with E-state index in [2.05, 4.69) is 6.92 Å². The molecule has 0 aromatic heterocycles. The van der Waals surface area contributed by atoms with Gasteiger partial charge in [0.05, 0.1) is 13.2 Å². The average Bonchev–Trinajstić information content (AvgIpc) is 2.88. The van der Waals surface area contributed by atoms with Gasteiger partial charge in [-0.3, -0.25) is 0 Å². The summed E-state index contributed by atoms with van der Waals surface area (Å²) < 4.78 is 22.6. The highest BCUT2D eigenvalue weighted by Crippen LogP contribution is 2.30. The molecule has 2 aromatic rings. The van der Waals surface area contributed by atoms with Gasteiger partial charge in [0.1, 0.15) is 17.1 Å². The van der Waals surface area contributed by atoms with E-state index in [0.717, 1.165) is 18.4 Å². The maximum absolute atomic E-state index is 12.6. The third-order valence-electron chi connectivity index (χ3n) is 5.85. The largest absolute Gasteiger partial charge is 0.464 e. The number of ether oxygens (including phenoxy) is 4. The fraction of sp³-hybridized carbons (Fsp3) is 0.533. The zero-order valence-electron chi connectivity index (χ0n) is 22.1. The molecule has 0 amide bonds. The van der Waals surface area contributed by atoms with Gasteiger partial charge in [-0.15, -0.1) is 0 Å². The number of esters is 2. The lowest BCUT2D eigenvalue weighted by Crippen LogP contribution is -2.29. The molecule has 0 bridgehead atoms. The standard InChI is InChI=1S/C30H42O6/c1-4-7-8-9-10-11-12-17-22-35-28(30(32)34-6-3)23-24-18-13-15-20-26(24)36-27-21-16-14-19-25(27)29(31)33-5-2/h13-16,18-21,28H,4-12,17,22-23H2,1-3H3. The number of hydrogen-bond donors (Lipinski definition) is 0. The van der Waals surface area contributed by atoms with Gasteiger partial charge in [-0.25, -0.2) is 9.59 Å². The van der Waals surface area contributed by atoms with E-state index in [0.29, 0.717) is 36.7 Å². The minimum absolute atomic E-state index is 0.279. The second kappa shape index (κ2) is 17.6. The first-order valence-corrected chi connectivity index (χ1v) is 13.4. The van der Waals surface area contributed by atoms with Crippen LogP contribution in [0.4, 0.5) is 0 Å². The minimum Gasteiger partial charge on any atom is -0.464 e. The van der Waals surface area contributed by atoms with Crippen LogP contribution in [0.3, 0.4) is 0 Å². The van der Waals surface area contributed by atoms with Crippen molar-refractivity contribution in [3.63, 3.8) is 0 Å². The Bertz CT molecular complexity index is 910. The molecule has 6 heteroatoms. The zero-order valence-corrected chi connectivity index (χ0v) is 22.1. The lowest BCUT2D eigenvalue weighted by Gasteiger charge is -2.19. The molecule has 0 aliphatic rings. The zero-order chi connectivity index (χ0) is 26.0. The van der Waals surface area contributed by atoms with Gasteiger partial charge in [0.15, 0.2) is 6.10 Å². The summed E-state index contributed by atoms with van der Waals surface area (Å²) in [5, 5.41) is 0. The SMILES string of the molecule is CCCCCCCCCCOC(Cc1ccccc1Oc1ccccc1C(=O)OCC)C(=O)OCC. The summed E-state index contributed by atoms with van der Waals surface area (Å²) in [7, 11) is 0. The summed E-state index contributed by atoms with van der Waals surface area (Å²) in [5.41, 5.74) is 1.15. The van der Waals surface area contributed by atoms with Crippen LogP contribution in [-0.4, -0.2) is 37.9 Å². The first kappa shape index (κ1) is 29.4. The Morgan fingerprint density at radius 3 is 2.03 bits per heavy atom. The predicted molar refractivity (Wildman–Crippen MR) is 142 cm³/mol. The van der Waals surface area contributed by atoms with Crippen molar-refractivity contribution in [2.45, 2.75) is 84.7 Å². The number of rotatable bonds is 18. The second-order valence-corrected chi connectivity index (χ2v) is 8.72. The Kier molecular flexibility index (Phi) is 14.3. The number of hydrogen-bond acceptors (Lipinski definition) is 6. The first-order valence-electron chi connectivity index (χ1n) is 13.4.